The minimum Gasteiger partial charge on any atom is -0.329 e. The molecule has 1 aromatic carbocycles. The van der Waals surface area contributed by atoms with Crippen LogP contribution in [0.2, 0.25) is 5.02 Å². The molecule has 4 rings (SSSR count). The van der Waals surface area contributed by atoms with E-state index in [9.17, 15) is 4.79 Å². The third-order valence-corrected chi connectivity index (χ3v) is 6.76. The van der Waals surface area contributed by atoms with E-state index in [-0.39, 0.29) is 5.91 Å². The number of piperidine rings is 1. The van der Waals surface area contributed by atoms with Gasteiger partial charge in [0.15, 0.2) is 5.13 Å². The average molecular weight is 456 g/mol. The first-order chi connectivity index (χ1) is 15.0. The van der Waals surface area contributed by atoms with Crippen LogP contribution in [0.25, 0.3) is 10.3 Å². The van der Waals surface area contributed by atoms with Gasteiger partial charge in [-0.05, 0) is 80.9 Å². The number of fused-ring (bicyclic) bond motifs is 1. The highest BCUT2D eigenvalue weighted by atomic mass is 35.5. The number of thiazole rings is 1. The number of allylic oxidation sites excluding steroid dienone is 1. The van der Waals surface area contributed by atoms with Crippen molar-refractivity contribution in [1.29, 1.82) is 0 Å². The molecule has 3 aromatic rings. The lowest BCUT2D eigenvalue weighted by atomic mass is 9.96. The maximum atomic E-state index is 12.4. The molecule has 0 spiro atoms. The smallest absolute Gasteiger partial charge is 0.249 e. The summed E-state index contributed by atoms with van der Waals surface area (Å²) in [5, 5.41) is 4.14. The van der Waals surface area contributed by atoms with Crippen molar-refractivity contribution < 1.29 is 4.79 Å². The molecule has 3 heterocycles. The molecular formula is C23H26ClN5OS. The quantitative estimate of drug-likeness (QED) is 0.508. The molecule has 8 heteroatoms. The number of hydrogen-bond donors (Lipinski definition) is 1. The van der Waals surface area contributed by atoms with Crippen LogP contribution < -0.4 is 10.2 Å². The van der Waals surface area contributed by atoms with Gasteiger partial charge in [0.1, 0.15) is 16.2 Å². The Hall–Kier alpha value is -2.48. The Morgan fingerprint density at radius 3 is 2.68 bits per heavy atom. The summed E-state index contributed by atoms with van der Waals surface area (Å²) < 4.78 is 0. The van der Waals surface area contributed by atoms with Gasteiger partial charge in [0, 0.05) is 17.8 Å². The van der Waals surface area contributed by atoms with E-state index in [1.54, 1.807) is 6.08 Å². The SMILES string of the molecule is CCN1CCC(/C=C/C(=O)Nc2nc3ccc(N(C)c4ccc(Cl)cc4)nc3s2)CC1. The van der Waals surface area contributed by atoms with Crippen molar-refractivity contribution in [2.75, 3.05) is 36.9 Å². The second-order valence-corrected chi connectivity index (χ2v) is 9.08. The Balaban J connectivity index is 1.40. The largest absolute Gasteiger partial charge is 0.329 e. The molecule has 1 aliphatic rings. The van der Waals surface area contributed by atoms with Gasteiger partial charge in [0.05, 0.1) is 0 Å². The van der Waals surface area contributed by atoms with Crippen molar-refractivity contribution in [3.05, 3.63) is 53.6 Å². The van der Waals surface area contributed by atoms with Crippen LogP contribution in [0.1, 0.15) is 19.8 Å². The van der Waals surface area contributed by atoms with E-state index in [0.29, 0.717) is 16.1 Å². The first kappa shape index (κ1) is 21.7. The topological polar surface area (TPSA) is 61.4 Å². The molecule has 162 valence electrons. The maximum Gasteiger partial charge on any atom is 0.249 e. The van der Waals surface area contributed by atoms with Crippen molar-refractivity contribution in [3.63, 3.8) is 0 Å². The van der Waals surface area contributed by atoms with Crippen molar-refractivity contribution >= 4 is 55.8 Å². The molecule has 0 atom stereocenters. The number of hydrogen-bond acceptors (Lipinski definition) is 6. The van der Waals surface area contributed by atoms with Crippen LogP contribution in [0.5, 0.6) is 0 Å². The molecule has 0 saturated carbocycles. The second kappa shape index (κ2) is 9.77. The zero-order chi connectivity index (χ0) is 21.8. The highest BCUT2D eigenvalue weighted by Crippen LogP contribution is 2.29. The summed E-state index contributed by atoms with van der Waals surface area (Å²) in [6, 6.07) is 11.5. The molecule has 31 heavy (non-hydrogen) atoms. The summed E-state index contributed by atoms with van der Waals surface area (Å²) in [4.78, 5) is 26.8. The lowest BCUT2D eigenvalue weighted by Crippen LogP contribution is -2.32. The molecular weight excluding hydrogens is 430 g/mol. The Morgan fingerprint density at radius 1 is 1.23 bits per heavy atom. The third kappa shape index (κ3) is 5.42. The van der Waals surface area contributed by atoms with E-state index in [2.05, 4.69) is 22.1 Å². The zero-order valence-electron chi connectivity index (χ0n) is 17.7. The van der Waals surface area contributed by atoms with Crippen LogP contribution in [0.15, 0.2) is 48.6 Å². The van der Waals surface area contributed by atoms with E-state index in [0.717, 1.165) is 54.3 Å². The number of pyridine rings is 1. The van der Waals surface area contributed by atoms with Crippen LogP contribution in [-0.4, -0.2) is 47.5 Å². The number of amides is 1. The Labute approximate surface area is 191 Å². The fraction of sp³-hybridized carbons (Fsp3) is 0.348. The van der Waals surface area contributed by atoms with Gasteiger partial charge in [-0.2, -0.15) is 0 Å². The maximum absolute atomic E-state index is 12.4. The highest BCUT2D eigenvalue weighted by Gasteiger charge is 2.16. The van der Waals surface area contributed by atoms with Gasteiger partial charge < -0.3 is 9.80 Å². The van der Waals surface area contributed by atoms with E-state index in [1.807, 2.05) is 54.4 Å². The molecule has 2 aromatic heterocycles. The molecule has 6 nitrogen and oxygen atoms in total. The number of likely N-dealkylation sites (tertiary alicyclic amines) is 1. The standard InChI is InChI=1S/C23H26ClN5OS/c1-3-29-14-12-16(13-15-29)4-11-21(30)27-23-25-19-9-10-20(26-22(19)31-23)28(2)18-7-5-17(24)6-8-18/h4-11,16H,3,12-15H2,1-2H3,(H,25,27,30)/b11-4+. The number of nitrogens with one attached hydrogen (secondary N) is 1. The number of carbonyl (C=O) groups is 1. The monoisotopic (exact) mass is 455 g/mol. The molecule has 0 aliphatic carbocycles. The molecule has 1 N–H and O–H groups in total. The highest BCUT2D eigenvalue weighted by molar-refractivity contribution is 7.22. The van der Waals surface area contributed by atoms with Crippen LogP contribution in [0.3, 0.4) is 0 Å². The Bertz CT molecular complexity index is 1070. The van der Waals surface area contributed by atoms with Gasteiger partial charge >= 0.3 is 0 Å². The van der Waals surface area contributed by atoms with Crippen molar-refractivity contribution in [1.82, 2.24) is 14.9 Å². The number of nitrogens with zero attached hydrogens (tertiary/aromatic N) is 4. The predicted molar refractivity (Wildman–Crippen MR) is 130 cm³/mol. The molecule has 1 aliphatic heterocycles. The molecule has 1 amide bonds. The number of halogens is 1. The second-order valence-electron chi connectivity index (χ2n) is 7.67. The van der Waals surface area contributed by atoms with E-state index < -0.39 is 0 Å². The summed E-state index contributed by atoms with van der Waals surface area (Å²) in [7, 11) is 1.96. The number of aromatic nitrogens is 2. The lowest BCUT2D eigenvalue weighted by Gasteiger charge is -2.29. The number of anilines is 3. The van der Waals surface area contributed by atoms with Crippen LogP contribution in [0.4, 0.5) is 16.6 Å². The minimum absolute atomic E-state index is 0.143. The van der Waals surface area contributed by atoms with E-state index in [1.165, 1.54) is 11.3 Å². The number of carbonyl (C=O) groups excluding carboxylic acids is 1. The fourth-order valence-electron chi connectivity index (χ4n) is 3.68. The van der Waals surface area contributed by atoms with Gasteiger partial charge in [-0.1, -0.05) is 35.9 Å². The summed E-state index contributed by atoms with van der Waals surface area (Å²) >= 11 is 7.36. The van der Waals surface area contributed by atoms with Gasteiger partial charge in [-0.3, -0.25) is 10.1 Å². The fourth-order valence-corrected chi connectivity index (χ4v) is 4.64. The van der Waals surface area contributed by atoms with Crippen LogP contribution in [0, 0.1) is 5.92 Å². The molecule has 0 unspecified atom stereocenters. The first-order valence-electron chi connectivity index (χ1n) is 10.5. The van der Waals surface area contributed by atoms with Crippen molar-refractivity contribution in [2.45, 2.75) is 19.8 Å². The third-order valence-electron chi connectivity index (χ3n) is 5.63. The Morgan fingerprint density at radius 2 is 1.97 bits per heavy atom. The molecule has 0 radical (unpaired) electrons. The summed E-state index contributed by atoms with van der Waals surface area (Å²) in [5.74, 6) is 1.13. The van der Waals surface area contributed by atoms with Gasteiger partial charge in [0.25, 0.3) is 0 Å². The summed E-state index contributed by atoms with van der Waals surface area (Å²) in [6.07, 6.45) is 5.89. The van der Waals surface area contributed by atoms with Crippen molar-refractivity contribution in [2.24, 2.45) is 5.92 Å². The van der Waals surface area contributed by atoms with Crippen molar-refractivity contribution in [3.8, 4) is 0 Å². The minimum atomic E-state index is -0.143. The first-order valence-corrected chi connectivity index (χ1v) is 11.7. The normalized spacial score (nSPS) is 15.6. The summed E-state index contributed by atoms with van der Waals surface area (Å²) in [5.41, 5.74) is 1.76. The predicted octanol–water partition coefficient (Wildman–Crippen LogP) is 5.34. The number of benzene rings is 1. The lowest BCUT2D eigenvalue weighted by molar-refractivity contribution is -0.111. The van der Waals surface area contributed by atoms with Crippen LogP contribution in [-0.2, 0) is 4.79 Å². The molecule has 1 fully saturated rings. The summed E-state index contributed by atoms with van der Waals surface area (Å²) in [6.45, 7) is 5.49. The van der Waals surface area contributed by atoms with Gasteiger partial charge in [0.2, 0.25) is 5.91 Å². The zero-order valence-corrected chi connectivity index (χ0v) is 19.3. The molecule has 1 saturated heterocycles. The van der Waals surface area contributed by atoms with Gasteiger partial charge in [-0.15, -0.1) is 0 Å². The molecule has 0 bridgehead atoms. The van der Waals surface area contributed by atoms with Crippen LogP contribution >= 0.6 is 22.9 Å². The van der Waals surface area contributed by atoms with Gasteiger partial charge in [-0.25, -0.2) is 9.97 Å². The average Bonchev–Trinajstić information content (AvgIpc) is 3.19. The van der Waals surface area contributed by atoms with E-state index >= 15 is 0 Å². The number of rotatable bonds is 6. The Kier molecular flexibility index (Phi) is 6.85. The van der Waals surface area contributed by atoms with E-state index in [4.69, 9.17) is 16.6 Å².